The van der Waals surface area contributed by atoms with Crippen LogP contribution in [0.25, 0.3) is 0 Å². The number of aromatic hydroxyl groups is 1. The third kappa shape index (κ3) is 6.03. The highest BCUT2D eigenvalue weighted by atomic mass is 35.5. The molecule has 0 unspecified atom stereocenters. The summed E-state index contributed by atoms with van der Waals surface area (Å²) in [5.41, 5.74) is 1.12. The van der Waals surface area contributed by atoms with E-state index in [0.29, 0.717) is 17.7 Å². The van der Waals surface area contributed by atoms with Gasteiger partial charge in [-0.1, -0.05) is 12.1 Å². The zero-order chi connectivity index (χ0) is 16.2. The number of carbonyl (C=O) groups is 1. The van der Waals surface area contributed by atoms with Crippen molar-refractivity contribution in [2.75, 3.05) is 32.7 Å². The number of halogens is 2. The lowest BCUT2D eigenvalue weighted by atomic mass is 9.92. The Labute approximate surface area is 162 Å². The molecule has 0 aromatic heterocycles. The van der Waals surface area contributed by atoms with Gasteiger partial charge in [0, 0.05) is 44.7 Å². The van der Waals surface area contributed by atoms with Gasteiger partial charge in [0.1, 0.15) is 5.75 Å². The second-order valence-electron chi connectivity index (χ2n) is 6.85. The number of nitrogens with one attached hydrogen (secondary N) is 1. The van der Waals surface area contributed by atoms with Crippen molar-refractivity contribution in [3.63, 3.8) is 0 Å². The van der Waals surface area contributed by atoms with Gasteiger partial charge >= 0.3 is 0 Å². The molecule has 1 aromatic rings. The lowest BCUT2D eigenvalue weighted by Crippen LogP contribution is -2.51. The fourth-order valence-electron chi connectivity index (χ4n) is 3.65. The number of piperidine rings is 1. The van der Waals surface area contributed by atoms with Gasteiger partial charge in [0.2, 0.25) is 5.91 Å². The Bertz CT molecular complexity index is 551. The molecule has 2 saturated heterocycles. The molecule has 3 rings (SSSR count). The smallest absolute Gasteiger partial charge is 0.225 e. The first kappa shape index (κ1) is 22.0. The van der Waals surface area contributed by atoms with Crippen LogP contribution in [0.15, 0.2) is 24.3 Å². The van der Waals surface area contributed by atoms with Crippen molar-refractivity contribution in [2.24, 2.45) is 5.92 Å². The van der Waals surface area contributed by atoms with Crippen LogP contribution in [-0.4, -0.2) is 59.6 Å². The zero-order valence-electron chi connectivity index (χ0n) is 14.7. The van der Waals surface area contributed by atoms with Crippen molar-refractivity contribution in [3.05, 3.63) is 29.8 Å². The fourth-order valence-corrected chi connectivity index (χ4v) is 3.65. The van der Waals surface area contributed by atoms with Gasteiger partial charge in [0.15, 0.2) is 0 Å². The summed E-state index contributed by atoms with van der Waals surface area (Å²) < 4.78 is 0. The van der Waals surface area contributed by atoms with Gasteiger partial charge < -0.3 is 15.3 Å². The Morgan fingerprint density at radius 3 is 2.60 bits per heavy atom. The summed E-state index contributed by atoms with van der Waals surface area (Å²) >= 11 is 0. The summed E-state index contributed by atoms with van der Waals surface area (Å²) in [5.74, 6) is 0.857. The summed E-state index contributed by atoms with van der Waals surface area (Å²) in [5, 5.41) is 13.0. The SMILES string of the molecule is C[C@H]1C[C@@H](C(=O)N2CCN(Cc3cccc(O)c3)CC2)CCN1.Cl.Cl. The van der Waals surface area contributed by atoms with E-state index in [4.69, 9.17) is 0 Å². The lowest BCUT2D eigenvalue weighted by molar-refractivity contribution is -0.138. The number of benzene rings is 1. The van der Waals surface area contributed by atoms with Crippen molar-refractivity contribution in [1.82, 2.24) is 15.1 Å². The number of hydrogen-bond donors (Lipinski definition) is 2. The number of hydrogen-bond acceptors (Lipinski definition) is 4. The van der Waals surface area contributed by atoms with Gasteiger partial charge in [-0.3, -0.25) is 9.69 Å². The molecule has 2 N–H and O–H groups in total. The summed E-state index contributed by atoms with van der Waals surface area (Å²) in [6.07, 6.45) is 1.93. The molecule has 2 aliphatic rings. The van der Waals surface area contributed by atoms with Gasteiger partial charge in [-0.15, -0.1) is 24.8 Å². The Balaban J connectivity index is 0.00000156. The van der Waals surface area contributed by atoms with Crippen molar-refractivity contribution in [3.8, 4) is 5.75 Å². The van der Waals surface area contributed by atoms with E-state index in [1.165, 1.54) is 0 Å². The molecule has 2 atom stereocenters. The van der Waals surface area contributed by atoms with Crippen LogP contribution in [0, 0.1) is 5.92 Å². The molecular formula is C18H29Cl2N3O2. The molecule has 142 valence electrons. The maximum atomic E-state index is 12.7. The minimum Gasteiger partial charge on any atom is -0.508 e. The average Bonchev–Trinajstić information content (AvgIpc) is 2.55. The Morgan fingerprint density at radius 1 is 1.24 bits per heavy atom. The summed E-state index contributed by atoms with van der Waals surface area (Å²) in [4.78, 5) is 17.0. The minimum absolute atomic E-state index is 0. The van der Waals surface area contributed by atoms with Crippen molar-refractivity contribution in [2.45, 2.75) is 32.4 Å². The van der Waals surface area contributed by atoms with Gasteiger partial charge in [0.25, 0.3) is 0 Å². The standard InChI is InChI=1S/C18H27N3O2.2ClH/c1-14-11-16(5-6-19-14)18(23)21-9-7-20(8-10-21)13-15-3-2-4-17(22)12-15;;/h2-4,12,14,16,19,22H,5-11,13H2,1H3;2*1H/t14-,16-;;/m0../s1. The molecule has 25 heavy (non-hydrogen) atoms. The van der Waals surface area contributed by atoms with E-state index in [0.717, 1.165) is 57.7 Å². The molecule has 0 aliphatic carbocycles. The van der Waals surface area contributed by atoms with Crippen LogP contribution in [-0.2, 0) is 11.3 Å². The molecule has 7 heteroatoms. The molecule has 2 aliphatic heterocycles. The highest BCUT2D eigenvalue weighted by molar-refractivity contribution is 5.85. The van der Waals surface area contributed by atoms with Crippen LogP contribution in [0.3, 0.4) is 0 Å². The van der Waals surface area contributed by atoms with E-state index in [-0.39, 0.29) is 30.7 Å². The maximum absolute atomic E-state index is 12.7. The highest BCUT2D eigenvalue weighted by Crippen LogP contribution is 2.20. The monoisotopic (exact) mass is 389 g/mol. The van der Waals surface area contributed by atoms with E-state index in [2.05, 4.69) is 17.1 Å². The third-order valence-corrected chi connectivity index (χ3v) is 4.97. The molecule has 2 fully saturated rings. The molecule has 2 heterocycles. The number of rotatable bonds is 3. The third-order valence-electron chi connectivity index (χ3n) is 4.97. The largest absolute Gasteiger partial charge is 0.508 e. The Hall–Kier alpha value is -1.01. The topological polar surface area (TPSA) is 55.8 Å². The number of phenolic OH excluding ortho intramolecular Hbond substituents is 1. The highest BCUT2D eigenvalue weighted by Gasteiger charge is 2.30. The van der Waals surface area contributed by atoms with E-state index < -0.39 is 0 Å². The van der Waals surface area contributed by atoms with E-state index >= 15 is 0 Å². The van der Waals surface area contributed by atoms with Gasteiger partial charge in [-0.05, 0) is 44.0 Å². The predicted octanol–water partition coefficient (Wildman–Crippen LogP) is 2.27. The van der Waals surface area contributed by atoms with Gasteiger partial charge in [-0.25, -0.2) is 0 Å². The van der Waals surface area contributed by atoms with Crippen LogP contribution in [0.5, 0.6) is 5.75 Å². The number of nitrogens with zero attached hydrogens (tertiary/aromatic N) is 2. The first-order valence-electron chi connectivity index (χ1n) is 8.64. The normalized spacial score (nSPS) is 24.1. The maximum Gasteiger partial charge on any atom is 0.225 e. The van der Waals surface area contributed by atoms with E-state index in [9.17, 15) is 9.90 Å². The van der Waals surface area contributed by atoms with Crippen molar-refractivity contribution < 1.29 is 9.90 Å². The van der Waals surface area contributed by atoms with E-state index in [1.54, 1.807) is 6.07 Å². The predicted molar refractivity (Wildman–Crippen MR) is 105 cm³/mol. The molecule has 1 amide bonds. The quantitative estimate of drug-likeness (QED) is 0.832. The van der Waals surface area contributed by atoms with Crippen LogP contribution >= 0.6 is 24.8 Å². The number of phenols is 1. The van der Waals surface area contributed by atoms with Crippen LogP contribution < -0.4 is 5.32 Å². The molecule has 0 spiro atoms. The second kappa shape index (κ2) is 10.2. The first-order valence-corrected chi connectivity index (χ1v) is 8.64. The fraction of sp³-hybridized carbons (Fsp3) is 0.611. The summed E-state index contributed by atoms with van der Waals surface area (Å²) in [6.45, 7) is 7.39. The van der Waals surface area contributed by atoms with Gasteiger partial charge in [0.05, 0.1) is 0 Å². The van der Waals surface area contributed by atoms with Crippen molar-refractivity contribution in [1.29, 1.82) is 0 Å². The molecule has 0 saturated carbocycles. The molecule has 0 radical (unpaired) electrons. The average molecular weight is 390 g/mol. The molecule has 0 bridgehead atoms. The Kier molecular flexibility index (Phi) is 9.00. The number of carbonyl (C=O) groups excluding carboxylic acids is 1. The molecule has 5 nitrogen and oxygen atoms in total. The summed E-state index contributed by atoms with van der Waals surface area (Å²) in [7, 11) is 0. The molecule has 1 aromatic carbocycles. The van der Waals surface area contributed by atoms with Crippen molar-refractivity contribution >= 4 is 30.7 Å². The number of piperazine rings is 1. The van der Waals surface area contributed by atoms with Crippen LogP contribution in [0.2, 0.25) is 0 Å². The second-order valence-corrected chi connectivity index (χ2v) is 6.85. The lowest BCUT2D eigenvalue weighted by Gasteiger charge is -2.38. The van der Waals surface area contributed by atoms with Crippen LogP contribution in [0.1, 0.15) is 25.3 Å². The number of amides is 1. The minimum atomic E-state index is 0. The zero-order valence-corrected chi connectivity index (χ0v) is 16.3. The van der Waals surface area contributed by atoms with Crippen LogP contribution in [0.4, 0.5) is 0 Å². The molecular weight excluding hydrogens is 361 g/mol. The first-order chi connectivity index (χ1) is 11.1. The van der Waals surface area contributed by atoms with Gasteiger partial charge in [-0.2, -0.15) is 0 Å². The Morgan fingerprint density at radius 2 is 1.96 bits per heavy atom. The summed E-state index contributed by atoms with van der Waals surface area (Å²) in [6, 6.07) is 7.87. The van der Waals surface area contributed by atoms with E-state index in [1.807, 2.05) is 23.1 Å².